The fourth-order valence-electron chi connectivity index (χ4n) is 2.06. The first-order valence-corrected chi connectivity index (χ1v) is 5.75. The molecule has 9 heteroatoms. The molecule has 0 aromatic carbocycles. The summed E-state index contributed by atoms with van der Waals surface area (Å²) >= 11 is 0. The van der Waals surface area contributed by atoms with Crippen LogP contribution in [0.3, 0.4) is 0 Å². The zero-order valence-corrected chi connectivity index (χ0v) is 10.3. The number of aliphatic hydroxyl groups is 1. The molecule has 0 bridgehead atoms. The molecule has 104 valence electrons. The van der Waals surface area contributed by atoms with E-state index in [2.05, 4.69) is 15.3 Å². The third-order valence-corrected chi connectivity index (χ3v) is 3.06. The highest BCUT2D eigenvalue weighted by atomic mass is 16.5. The Morgan fingerprint density at radius 3 is 3.00 bits per heavy atom. The van der Waals surface area contributed by atoms with Crippen LogP contribution in [-0.2, 0) is 4.74 Å². The van der Waals surface area contributed by atoms with E-state index >= 15 is 0 Å². The van der Waals surface area contributed by atoms with Gasteiger partial charge in [-0.1, -0.05) is 5.22 Å². The van der Waals surface area contributed by atoms with Gasteiger partial charge in [-0.2, -0.15) is 5.11 Å². The molecule has 19 heavy (non-hydrogen) atoms. The highest BCUT2D eigenvalue weighted by Gasteiger charge is 2.36. The van der Waals surface area contributed by atoms with Crippen LogP contribution in [0.15, 0.2) is 26.1 Å². The smallest absolute Gasteiger partial charge is 0.330 e. The maximum atomic E-state index is 11.7. The van der Waals surface area contributed by atoms with Crippen molar-refractivity contribution in [3.8, 4) is 0 Å². The minimum absolute atomic E-state index is 0.253. The van der Waals surface area contributed by atoms with E-state index in [1.54, 1.807) is 6.92 Å². The molecule has 0 aliphatic carbocycles. The summed E-state index contributed by atoms with van der Waals surface area (Å²) in [6.07, 6.45) is 0.576. The first-order chi connectivity index (χ1) is 9.06. The number of hydrogen-bond donors (Lipinski definition) is 3. The lowest BCUT2D eigenvalue weighted by Gasteiger charge is -2.14. The highest BCUT2D eigenvalue weighted by Crippen LogP contribution is 2.29. The maximum Gasteiger partial charge on any atom is 0.330 e. The zero-order valence-electron chi connectivity index (χ0n) is 10.3. The minimum Gasteiger partial charge on any atom is -0.394 e. The molecule has 4 N–H and O–H groups in total. The molecule has 0 spiro atoms. The fraction of sp³-hybridized carbons (Fsp3) is 0.600. The van der Waals surface area contributed by atoms with Crippen LogP contribution in [0.4, 0.5) is 0 Å². The predicted octanol–water partition coefficient (Wildman–Crippen LogP) is -1.18. The molecule has 2 rings (SSSR count). The number of nitrogens with two attached hydrogens (primary N) is 1. The van der Waals surface area contributed by atoms with Crippen LogP contribution < -0.4 is 17.1 Å². The Labute approximate surface area is 107 Å². The number of rotatable bonds is 3. The second-order valence-electron chi connectivity index (χ2n) is 4.32. The number of H-pyrrole nitrogens is 1. The highest BCUT2D eigenvalue weighted by molar-refractivity contribution is 5.02. The molecule has 3 atom stereocenters. The van der Waals surface area contributed by atoms with Gasteiger partial charge in [-0.15, -0.1) is 0 Å². The Hall–Kier alpha value is -2.00. The quantitative estimate of drug-likeness (QED) is 0.360. The number of aromatic amines is 1. The standard InChI is InChI=1S/C10H15N5O4/c1-5-3-15(10(18)12-9(5)17)8-2-6(13-14-11)7(4-16)19-8/h3,6-8,16H,2,4H2,1H3,(H2,11,13)(H,12,17,18)/t6-,7+,8+/m0/s1. The van der Waals surface area contributed by atoms with Crippen molar-refractivity contribution in [1.29, 1.82) is 0 Å². The van der Waals surface area contributed by atoms with Crippen molar-refractivity contribution >= 4 is 0 Å². The number of ether oxygens (including phenoxy) is 1. The molecule has 0 saturated carbocycles. The van der Waals surface area contributed by atoms with E-state index in [1.165, 1.54) is 10.8 Å². The molecule has 1 fully saturated rings. The SMILES string of the molecule is Cc1cn([C@H]2C[C@H](N=NN)[C@@H](CO)O2)c(=O)[nH]c1=O. The number of aromatic nitrogens is 2. The Kier molecular flexibility index (Phi) is 3.76. The summed E-state index contributed by atoms with van der Waals surface area (Å²) in [7, 11) is 0. The first kappa shape index (κ1) is 13.4. The lowest BCUT2D eigenvalue weighted by atomic mass is 10.1. The molecular weight excluding hydrogens is 254 g/mol. The van der Waals surface area contributed by atoms with E-state index in [4.69, 9.17) is 10.6 Å². The Bertz CT molecular complexity index is 592. The van der Waals surface area contributed by atoms with Crippen molar-refractivity contribution in [3.05, 3.63) is 32.6 Å². The summed E-state index contributed by atoms with van der Waals surface area (Å²) in [6, 6.07) is -0.417. The van der Waals surface area contributed by atoms with Gasteiger partial charge in [0.2, 0.25) is 0 Å². The van der Waals surface area contributed by atoms with Gasteiger partial charge in [-0.25, -0.2) is 4.79 Å². The molecule has 1 aliphatic heterocycles. The minimum atomic E-state index is -0.615. The van der Waals surface area contributed by atoms with Crippen LogP contribution in [0.25, 0.3) is 0 Å². The first-order valence-electron chi connectivity index (χ1n) is 5.75. The van der Waals surface area contributed by atoms with E-state index in [9.17, 15) is 14.7 Å². The summed E-state index contributed by atoms with van der Waals surface area (Å²) < 4.78 is 6.79. The third kappa shape index (κ3) is 2.56. The van der Waals surface area contributed by atoms with E-state index in [1.807, 2.05) is 0 Å². The number of aliphatic hydroxyl groups excluding tert-OH is 1. The number of aryl methyl sites for hydroxylation is 1. The van der Waals surface area contributed by atoms with Gasteiger partial charge in [0.1, 0.15) is 18.4 Å². The monoisotopic (exact) mass is 269 g/mol. The summed E-state index contributed by atoms with van der Waals surface area (Å²) in [5, 5.41) is 16.1. The van der Waals surface area contributed by atoms with Gasteiger partial charge in [0.05, 0.1) is 6.61 Å². The second kappa shape index (κ2) is 5.33. The molecule has 1 saturated heterocycles. The van der Waals surface area contributed by atoms with E-state index < -0.39 is 29.6 Å². The van der Waals surface area contributed by atoms with Crippen molar-refractivity contribution in [3.63, 3.8) is 0 Å². The molecular formula is C10H15N5O4. The van der Waals surface area contributed by atoms with Crippen LogP contribution in [-0.4, -0.2) is 33.4 Å². The van der Waals surface area contributed by atoms with Crippen LogP contribution in [0.5, 0.6) is 0 Å². The Morgan fingerprint density at radius 1 is 1.63 bits per heavy atom. The van der Waals surface area contributed by atoms with E-state index in [0.29, 0.717) is 12.0 Å². The van der Waals surface area contributed by atoms with Crippen molar-refractivity contribution in [2.24, 2.45) is 16.2 Å². The Balaban J connectivity index is 2.32. The lowest BCUT2D eigenvalue weighted by Crippen LogP contribution is -2.33. The summed E-state index contributed by atoms with van der Waals surface area (Å²) in [6.45, 7) is 1.33. The molecule has 0 amide bonds. The maximum absolute atomic E-state index is 11.7. The summed E-state index contributed by atoms with van der Waals surface area (Å²) in [4.78, 5) is 25.2. The van der Waals surface area contributed by atoms with E-state index in [0.717, 1.165) is 0 Å². The van der Waals surface area contributed by atoms with Gasteiger partial charge in [-0.3, -0.25) is 14.3 Å². The molecule has 1 aromatic rings. The summed E-state index contributed by atoms with van der Waals surface area (Å²) in [5.74, 6) is 4.99. The van der Waals surface area contributed by atoms with Crippen LogP contribution >= 0.6 is 0 Å². The third-order valence-electron chi connectivity index (χ3n) is 3.06. The van der Waals surface area contributed by atoms with Gasteiger partial charge >= 0.3 is 5.69 Å². The predicted molar refractivity (Wildman–Crippen MR) is 64.5 cm³/mol. The average molecular weight is 269 g/mol. The average Bonchev–Trinajstić information content (AvgIpc) is 2.77. The topological polar surface area (TPSA) is 135 Å². The number of hydrogen-bond acceptors (Lipinski definition) is 6. The molecule has 2 heterocycles. The van der Waals surface area contributed by atoms with Crippen molar-refractivity contribution in [2.45, 2.75) is 31.7 Å². The lowest BCUT2D eigenvalue weighted by molar-refractivity contribution is -0.0274. The molecule has 0 radical (unpaired) electrons. The van der Waals surface area contributed by atoms with Crippen molar-refractivity contribution < 1.29 is 9.84 Å². The van der Waals surface area contributed by atoms with Gasteiger partial charge in [0.15, 0.2) is 0 Å². The van der Waals surface area contributed by atoms with Gasteiger partial charge in [0, 0.05) is 18.2 Å². The van der Waals surface area contributed by atoms with Crippen LogP contribution in [0.1, 0.15) is 18.2 Å². The molecule has 9 nitrogen and oxygen atoms in total. The van der Waals surface area contributed by atoms with Gasteiger partial charge in [0.25, 0.3) is 5.56 Å². The zero-order chi connectivity index (χ0) is 14.0. The van der Waals surface area contributed by atoms with Gasteiger partial charge in [-0.05, 0) is 6.92 Å². The van der Waals surface area contributed by atoms with Crippen LogP contribution in [0, 0.1) is 6.92 Å². The van der Waals surface area contributed by atoms with Gasteiger partial charge < -0.3 is 15.7 Å². The molecule has 1 aromatic heterocycles. The van der Waals surface area contributed by atoms with Crippen molar-refractivity contribution in [1.82, 2.24) is 9.55 Å². The van der Waals surface area contributed by atoms with Crippen molar-refractivity contribution in [2.75, 3.05) is 6.61 Å². The normalized spacial score (nSPS) is 27.2. The Morgan fingerprint density at radius 2 is 2.37 bits per heavy atom. The number of nitrogens with one attached hydrogen (secondary N) is 1. The second-order valence-corrected chi connectivity index (χ2v) is 4.32. The van der Waals surface area contributed by atoms with Crippen LogP contribution in [0.2, 0.25) is 0 Å². The number of nitrogens with zero attached hydrogens (tertiary/aromatic N) is 3. The fourth-order valence-corrected chi connectivity index (χ4v) is 2.06. The molecule has 1 aliphatic rings. The summed E-state index contributed by atoms with van der Waals surface area (Å²) in [5.41, 5.74) is -0.605. The molecule has 0 unspecified atom stereocenters. The largest absolute Gasteiger partial charge is 0.394 e. The van der Waals surface area contributed by atoms with E-state index in [-0.39, 0.29) is 6.61 Å².